The summed E-state index contributed by atoms with van der Waals surface area (Å²) in [5.74, 6) is -1.71. The summed E-state index contributed by atoms with van der Waals surface area (Å²) in [5, 5.41) is 12.1. The topological polar surface area (TPSA) is 75.6 Å². The van der Waals surface area contributed by atoms with Crippen molar-refractivity contribution in [2.75, 3.05) is 6.54 Å². The molecule has 2 atom stereocenters. The van der Waals surface area contributed by atoms with Crippen molar-refractivity contribution in [3.8, 4) is 0 Å². The molecule has 0 aromatic heterocycles. The molecule has 0 bridgehead atoms. The number of carbonyl (C=O) groups is 2. The average molecular weight is 293 g/mol. The Hall–Kier alpha value is -1.88. The van der Waals surface area contributed by atoms with Crippen LogP contribution in [0.1, 0.15) is 39.2 Å². The second kappa shape index (κ2) is 7.22. The predicted octanol–water partition coefficient (Wildman–Crippen LogP) is 2.17. The monoisotopic (exact) mass is 293 g/mol. The van der Waals surface area contributed by atoms with Crippen molar-refractivity contribution in [2.24, 2.45) is 0 Å². The van der Waals surface area contributed by atoms with E-state index in [-0.39, 0.29) is 12.5 Å². The smallest absolute Gasteiger partial charge is 0.321 e. The maximum Gasteiger partial charge on any atom is 0.321 e. The number of rotatable bonds is 6. The number of ether oxygens (including phenoxy) is 1. The van der Waals surface area contributed by atoms with E-state index in [4.69, 9.17) is 4.74 Å². The van der Waals surface area contributed by atoms with Crippen LogP contribution in [0, 0.1) is 0 Å². The largest absolute Gasteiger partial charge is 0.480 e. The van der Waals surface area contributed by atoms with Crippen LogP contribution >= 0.6 is 0 Å². The summed E-state index contributed by atoms with van der Waals surface area (Å²) in [5.41, 5.74) is 0.323. The van der Waals surface area contributed by atoms with E-state index in [0.29, 0.717) is 0 Å². The molecule has 0 aliphatic rings. The number of benzene rings is 1. The number of hydrogen-bond donors (Lipinski definition) is 2. The molecule has 0 unspecified atom stereocenters. The molecule has 0 heterocycles. The molecule has 2 N–H and O–H groups in total. The highest BCUT2D eigenvalue weighted by atomic mass is 16.6. The molecule has 0 aliphatic heterocycles. The van der Waals surface area contributed by atoms with Gasteiger partial charge in [-0.1, -0.05) is 37.3 Å². The fourth-order valence-corrected chi connectivity index (χ4v) is 2.00. The third-order valence-corrected chi connectivity index (χ3v) is 2.98. The summed E-state index contributed by atoms with van der Waals surface area (Å²) in [6.07, 6.45) is 0. The van der Waals surface area contributed by atoms with E-state index < -0.39 is 23.6 Å². The maximum atomic E-state index is 11.7. The Kier molecular flexibility index (Phi) is 5.90. The van der Waals surface area contributed by atoms with Crippen LogP contribution in [0.2, 0.25) is 0 Å². The van der Waals surface area contributed by atoms with Crippen LogP contribution in [0.25, 0.3) is 0 Å². The number of nitrogens with one attached hydrogen (secondary N) is 1. The van der Waals surface area contributed by atoms with Gasteiger partial charge in [-0.15, -0.1) is 0 Å². The first kappa shape index (κ1) is 17.2. The van der Waals surface area contributed by atoms with Crippen molar-refractivity contribution in [3.05, 3.63) is 35.9 Å². The number of hydrogen-bond acceptors (Lipinski definition) is 4. The standard InChI is InChI=1S/C16H23NO4/c1-11(12-8-6-5-7-9-12)14(15(19)20)17-10-13(18)21-16(2,3)4/h5-9,11,14,17H,10H2,1-4H3,(H,19,20)/t11-,14+/m1/s1. The number of carboxylic acids is 1. The van der Waals surface area contributed by atoms with Crippen LogP contribution < -0.4 is 5.32 Å². The fourth-order valence-electron chi connectivity index (χ4n) is 2.00. The van der Waals surface area contributed by atoms with Crippen LogP contribution in [0.4, 0.5) is 0 Å². The molecular formula is C16H23NO4. The molecule has 0 fully saturated rings. The first-order valence-electron chi connectivity index (χ1n) is 6.93. The molecular weight excluding hydrogens is 270 g/mol. The molecule has 0 amide bonds. The molecule has 0 saturated heterocycles. The van der Waals surface area contributed by atoms with Gasteiger partial charge in [0.15, 0.2) is 0 Å². The molecule has 1 aromatic carbocycles. The molecule has 1 aromatic rings. The van der Waals surface area contributed by atoms with Gasteiger partial charge < -0.3 is 9.84 Å². The normalized spacial score (nSPS) is 14.3. The molecule has 0 radical (unpaired) electrons. The number of aliphatic carboxylic acids is 1. The minimum absolute atomic E-state index is 0.134. The van der Waals surface area contributed by atoms with Crippen molar-refractivity contribution in [2.45, 2.75) is 45.3 Å². The van der Waals surface area contributed by atoms with E-state index in [0.717, 1.165) is 5.56 Å². The zero-order chi connectivity index (χ0) is 16.0. The van der Waals surface area contributed by atoms with Crippen LogP contribution in [-0.4, -0.2) is 35.2 Å². The predicted molar refractivity (Wildman–Crippen MR) is 80.1 cm³/mol. The van der Waals surface area contributed by atoms with Gasteiger partial charge in [0.2, 0.25) is 0 Å². The molecule has 5 heteroatoms. The first-order chi connectivity index (χ1) is 9.70. The highest BCUT2D eigenvalue weighted by Crippen LogP contribution is 2.19. The molecule has 0 saturated carbocycles. The third kappa shape index (κ3) is 5.95. The summed E-state index contributed by atoms with van der Waals surface area (Å²) >= 11 is 0. The lowest BCUT2D eigenvalue weighted by atomic mass is 9.93. The van der Waals surface area contributed by atoms with Crippen LogP contribution in [-0.2, 0) is 14.3 Å². The summed E-state index contributed by atoms with van der Waals surface area (Å²) in [4.78, 5) is 23.1. The SMILES string of the molecule is C[C@H](c1ccccc1)[C@H](NCC(=O)OC(C)(C)C)C(=O)O. The second-order valence-corrected chi connectivity index (χ2v) is 5.98. The molecule has 5 nitrogen and oxygen atoms in total. The summed E-state index contributed by atoms with van der Waals surface area (Å²) in [6, 6.07) is 8.49. The maximum absolute atomic E-state index is 11.7. The van der Waals surface area contributed by atoms with Crippen LogP contribution in [0.5, 0.6) is 0 Å². The van der Waals surface area contributed by atoms with Crippen LogP contribution in [0.15, 0.2) is 30.3 Å². The molecule has 0 aliphatic carbocycles. The number of esters is 1. The van der Waals surface area contributed by atoms with Gasteiger partial charge in [-0.2, -0.15) is 0 Å². The van der Waals surface area contributed by atoms with Gasteiger partial charge in [0.1, 0.15) is 11.6 Å². The van der Waals surface area contributed by atoms with E-state index >= 15 is 0 Å². The Bertz CT molecular complexity index is 479. The van der Waals surface area contributed by atoms with Crippen molar-refractivity contribution in [1.82, 2.24) is 5.32 Å². The molecule has 21 heavy (non-hydrogen) atoms. The first-order valence-corrected chi connectivity index (χ1v) is 6.93. The van der Waals surface area contributed by atoms with Gasteiger partial charge in [0.05, 0.1) is 6.54 Å². The number of carbonyl (C=O) groups excluding carboxylic acids is 1. The quantitative estimate of drug-likeness (QED) is 0.786. The average Bonchev–Trinajstić information content (AvgIpc) is 2.37. The summed E-state index contributed by atoms with van der Waals surface area (Å²) in [6.45, 7) is 6.99. The van der Waals surface area contributed by atoms with Gasteiger partial charge in [0.25, 0.3) is 0 Å². The van der Waals surface area contributed by atoms with Crippen molar-refractivity contribution < 1.29 is 19.4 Å². The minimum Gasteiger partial charge on any atom is -0.480 e. The van der Waals surface area contributed by atoms with Crippen molar-refractivity contribution in [3.63, 3.8) is 0 Å². The van der Waals surface area contributed by atoms with E-state index in [1.54, 1.807) is 20.8 Å². The zero-order valence-corrected chi connectivity index (χ0v) is 12.9. The Balaban J connectivity index is 2.67. The second-order valence-electron chi connectivity index (χ2n) is 5.98. The van der Waals surface area contributed by atoms with Gasteiger partial charge >= 0.3 is 11.9 Å². The Morgan fingerprint density at radius 3 is 2.29 bits per heavy atom. The van der Waals surface area contributed by atoms with E-state index in [1.807, 2.05) is 37.3 Å². The lowest BCUT2D eigenvalue weighted by Gasteiger charge is -2.23. The van der Waals surface area contributed by atoms with E-state index in [2.05, 4.69) is 5.32 Å². The molecule has 1 rings (SSSR count). The highest BCUT2D eigenvalue weighted by molar-refractivity contribution is 5.77. The molecule has 0 spiro atoms. The van der Waals surface area contributed by atoms with Crippen LogP contribution in [0.3, 0.4) is 0 Å². The van der Waals surface area contributed by atoms with E-state index in [9.17, 15) is 14.7 Å². The van der Waals surface area contributed by atoms with Crippen molar-refractivity contribution in [1.29, 1.82) is 0 Å². The van der Waals surface area contributed by atoms with Gasteiger partial charge in [-0.3, -0.25) is 14.9 Å². The van der Waals surface area contributed by atoms with Gasteiger partial charge in [-0.05, 0) is 26.3 Å². The Morgan fingerprint density at radius 2 is 1.81 bits per heavy atom. The zero-order valence-electron chi connectivity index (χ0n) is 12.9. The third-order valence-electron chi connectivity index (χ3n) is 2.98. The van der Waals surface area contributed by atoms with E-state index in [1.165, 1.54) is 0 Å². The summed E-state index contributed by atoms with van der Waals surface area (Å²) in [7, 11) is 0. The van der Waals surface area contributed by atoms with Gasteiger partial charge in [0, 0.05) is 5.92 Å². The highest BCUT2D eigenvalue weighted by Gasteiger charge is 2.27. The Labute approximate surface area is 125 Å². The Morgan fingerprint density at radius 1 is 1.24 bits per heavy atom. The minimum atomic E-state index is -0.991. The fraction of sp³-hybridized carbons (Fsp3) is 0.500. The lowest BCUT2D eigenvalue weighted by Crippen LogP contribution is -2.44. The summed E-state index contributed by atoms with van der Waals surface area (Å²) < 4.78 is 5.16. The van der Waals surface area contributed by atoms with Crippen molar-refractivity contribution >= 4 is 11.9 Å². The van der Waals surface area contributed by atoms with Gasteiger partial charge in [-0.25, -0.2) is 0 Å². The number of carboxylic acid groups (broad SMARTS) is 1. The lowest BCUT2D eigenvalue weighted by molar-refractivity contribution is -0.154. The molecule has 116 valence electrons.